The van der Waals surface area contributed by atoms with Crippen LogP contribution >= 0.6 is 24.0 Å². The van der Waals surface area contributed by atoms with Gasteiger partial charge >= 0.3 is 0 Å². The van der Waals surface area contributed by atoms with Crippen LogP contribution in [0.1, 0.15) is 24.5 Å². The fourth-order valence-corrected chi connectivity index (χ4v) is 4.55. The summed E-state index contributed by atoms with van der Waals surface area (Å²) in [6, 6.07) is 15.1. The van der Waals surface area contributed by atoms with Gasteiger partial charge in [-0.25, -0.2) is 9.98 Å². The number of likely N-dealkylation sites (N-methyl/N-ethyl adjacent to an activating group) is 1. The Morgan fingerprint density at radius 3 is 2.38 bits per heavy atom. The number of benzene rings is 1. The normalized spacial score (nSPS) is 18.4. The number of guanidine groups is 1. The molecule has 4 rings (SSSR count). The molecule has 3 heterocycles. The number of nitrogens with one attached hydrogen (secondary N) is 1. The van der Waals surface area contributed by atoms with Crippen LogP contribution in [0.15, 0.2) is 53.7 Å². The van der Waals surface area contributed by atoms with E-state index < -0.39 is 0 Å². The van der Waals surface area contributed by atoms with Crippen LogP contribution in [-0.4, -0.2) is 91.6 Å². The van der Waals surface area contributed by atoms with Gasteiger partial charge in [0.1, 0.15) is 5.82 Å². The van der Waals surface area contributed by atoms with Crippen LogP contribution in [-0.2, 0) is 13.1 Å². The molecule has 2 fully saturated rings. The highest BCUT2D eigenvalue weighted by Gasteiger charge is 2.20. The number of rotatable bonds is 6. The Kier molecular flexibility index (Phi) is 10.9. The minimum absolute atomic E-state index is 0. The number of nitrogens with zero attached hydrogens (tertiary/aromatic N) is 6. The molecule has 2 aromatic rings. The lowest BCUT2D eigenvalue weighted by Gasteiger charge is -2.37. The minimum atomic E-state index is 0. The van der Waals surface area contributed by atoms with Gasteiger partial charge in [0.15, 0.2) is 5.96 Å². The number of piperazine rings is 1. The van der Waals surface area contributed by atoms with Crippen molar-refractivity contribution in [2.24, 2.45) is 4.99 Å². The van der Waals surface area contributed by atoms with Crippen molar-refractivity contribution in [3.05, 3.63) is 59.8 Å². The van der Waals surface area contributed by atoms with E-state index in [-0.39, 0.29) is 24.0 Å². The largest absolute Gasteiger partial charge is 0.357 e. The molecular weight excluding hydrogens is 537 g/mol. The van der Waals surface area contributed by atoms with Crippen LogP contribution in [0.25, 0.3) is 0 Å². The van der Waals surface area contributed by atoms with Gasteiger partial charge in [0.05, 0.1) is 6.54 Å². The summed E-state index contributed by atoms with van der Waals surface area (Å²) in [7, 11) is 2.22. The molecule has 0 aliphatic carbocycles. The van der Waals surface area contributed by atoms with Crippen LogP contribution in [0.5, 0.6) is 0 Å². The summed E-state index contributed by atoms with van der Waals surface area (Å²) in [6.45, 7) is 13.3. The van der Waals surface area contributed by atoms with Crippen molar-refractivity contribution >= 4 is 35.8 Å². The maximum absolute atomic E-state index is 4.95. The number of aromatic nitrogens is 1. The Morgan fingerprint density at radius 1 is 0.912 bits per heavy atom. The van der Waals surface area contributed by atoms with Crippen molar-refractivity contribution in [1.29, 1.82) is 0 Å². The Morgan fingerprint density at radius 2 is 1.68 bits per heavy atom. The van der Waals surface area contributed by atoms with E-state index >= 15 is 0 Å². The molecule has 1 aromatic carbocycles. The molecule has 186 valence electrons. The second-order valence-corrected chi connectivity index (χ2v) is 9.08. The lowest BCUT2D eigenvalue weighted by atomic mass is 10.1. The zero-order valence-electron chi connectivity index (χ0n) is 20.7. The fraction of sp³-hybridized carbons (Fsp3) is 0.538. The molecule has 0 atom stereocenters. The third-order valence-electron chi connectivity index (χ3n) is 6.54. The molecule has 1 aromatic heterocycles. The molecule has 2 aliphatic rings. The molecule has 1 N–H and O–H groups in total. The fourth-order valence-electron chi connectivity index (χ4n) is 4.55. The molecule has 2 aliphatic heterocycles. The second kappa shape index (κ2) is 13.8. The summed E-state index contributed by atoms with van der Waals surface area (Å²) in [5.74, 6) is 2.07. The lowest BCUT2D eigenvalue weighted by Crippen LogP contribution is -2.52. The van der Waals surface area contributed by atoms with Gasteiger partial charge in [0.2, 0.25) is 0 Å². The number of hydrogen-bond acceptors (Lipinski definition) is 5. The summed E-state index contributed by atoms with van der Waals surface area (Å²) in [5, 5.41) is 3.48. The third kappa shape index (κ3) is 7.81. The maximum atomic E-state index is 4.95. The van der Waals surface area contributed by atoms with Crippen molar-refractivity contribution < 1.29 is 0 Å². The number of pyridine rings is 1. The summed E-state index contributed by atoms with van der Waals surface area (Å²) in [5.41, 5.74) is 2.65. The van der Waals surface area contributed by atoms with Gasteiger partial charge < -0.3 is 20.0 Å². The van der Waals surface area contributed by atoms with Crippen LogP contribution < -0.4 is 10.2 Å². The number of aliphatic imine (C=N–C) groups is 1. The summed E-state index contributed by atoms with van der Waals surface area (Å²) < 4.78 is 0. The smallest absolute Gasteiger partial charge is 0.194 e. The van der Waals surface area contributed by atoms with Gasteiger partial charge in [-0.2, -0.15) is 0 Å². The Hall–Kier alpha value is -1.91. The summed E-state index contributed by atoms with van der Waals surface area (Å²) in [4.78, 5) is 19.2. The first-order valence-corrected chi connectivity index (χ1v) is 12.4. The third-order valence-corrected chi connectivity index (χ3v) is 6.54. The number of halogens is 1. The highest BCUT2D eigenvalue weighted by molar-refractivity contribution is 14.0. The van der Waals surface area contributed by atoms with E-state index in [4.69, 9.17) is 4.99 Å². The molecule has 34 heavy (non-hydrogen) atoms. The lowest BCUT2D eigenvalue weighted by molar-refractivity contribution is 0.269. The Balaban J connectivity index is 0.00000324. The van der Waals surface area contributed by atoms with E-state index in [2.05, 4.69) is 80.3 Å². The van der Waals surface area contributed by atoms with E-state index in [1.54, 1.807) is 0 Å². The molecule has 8 heteroatoms. The van der Waals surface area contributed by atoms with Crippen LogP contribution in [0.3, 0.4) is 0 Å². The quantitative estimate of drug-likeness (QED) is 0.324. The molecule has 2 saturated heterocycles. The predicted octanol–water partition coefficient (Wildman–Crippen LogP) is 3.12. The predicted molar refractivity (Wildman–Crippen MR) is 152 cm³/mol. The average molecular weight is 578 g/mol. The topological polar surface area (TPSA) is 50.2 Å². The molecule has 7 nitrogen and oxygen atoms in total. The number of anilines is 1. The average Bonchev–Trinajstić information content (AvgIpc) is 3.07. The summed E-state index contributed by atoms with van der Waals surface area (Å²) >= 11 is 0. The highest BCUT2D eigenvalue weighted by Crippen LogP contribution is 2.14. The molecule has 0 radical (unpaired) electrons. The van der Waals surface area contributed by atoms with Crippen molar-refractivity contribution in [2.75, 3.05) is 70.9 Å². The molecule has 0 saturated carbocycles. The van der Waals surface area contributed by atoms with Gasteiger partial charge in [-0.3, -0.25) is 4.90 Å². The molecule has 0 amide bonds. The van der Waals surface area contributed by atoms with Crippen molar-refractivity contribution in [1.82, 2.24) is 25.0 Å². The van der Waals surface area contributed by atoms with E-state index in [0.29, 0.717) is 6.54 Å². The van der Waals surface area contributed by atoms with Gasteiger partial charge in [-0.05, 0) is 56.7 Å². The standard InChI is InChI=1S/C26H39N7.HI/c1-3-27-26(33-19-17-32(18-20-33)25-7-4-5-12-28-25)29-21-23-8-10-24(11-9-23)22-31-14-6-13-30(2)15-16-31;/h4-5,7-12H,3,6,13-22H2,1-2H3,(H,27,29);1H. The molecule has 0 bridgehead atoms. The van der Waals surface area contributed by atoms with Crippen molar-refractivity contribution in [2.45, 2.75) is 26.4 Å². The molecule has 0 spiro atoms. The van der Waals surface area contributed by atoms with Crippen LogP contribution in [0.2, 0.25) is 0 Å². The molecule has 0 unspecified atom stereocenters. The highest BCUT2D eigenvalue weighted by atomic mass is 127. The van der Waals surface area contributed by atoms with E-state index in [9.17, 15) is 0 Å². The van der Waals surface area contributed by atoms with Gasteiger partial charge in [-0.15, -0.1) is 24.0 Å². The van der Waals surface area contributed by atoms with E-state index in [1.165, 1.54) is 30.6 Å². The van der Waals surface area contributed by atoms with Gasteiger partial charge in [0.25, 0.3) is 0 Å². The number of hydrogen-bond donors (Lipinski definition) is 1. The Labute approximate surface area is 222 Å². The second-order valence-electron chi connectivity index (χ2n) is 9.08. The van der Waals surface area contributed by atoms with Crippen LogP contribution in [0, 0.1) is 0 Å². The van der Waals surface area contributed by atoms with Crippen molar-refractivity contribution in [3.63, 3.8) is 0 Å². The van der Waals surface area contributed by atoms with Crippen molar-refractivity contribution in [3.8, 4) is 0 Å². The van der Waals surface area contributed by atoms with Gasteiger partial charge in [-0.1, -0.05) is 30.3 Å². The zero-order chi connectivity index (χ0) is 22.9. The SMILES string of the molecule is CCNC(=NCc1ccc(CN2CCCN(C)CC2)cc1)N1CCN(c2ccccn2)CC1.I. The van der Waals surface area contributed by atoms with E-state index in [1.807, 2.05) is 12.3 Å². The molecular formula is C26H40IN7. The first-order valence-electron chi connectivity index (χ1n) is 12.4. The zero-order valence-corrected chi connectivity index (χ0v) is 23.0. The first kappa shape index (κ1) is 26.7. The van der Waals surface area contributed by atoms with Gasteiger partial charge in [0, 0.05) is 58.6 Å². The first-order chi connectivity index (χ1) is 16.2. The monoisotopic (exact) mass is 577 g/mol. The Bertz CT molecular complexity index is 866. The summed E-state index contributed by atoms with van der Waals surface area (Å²) in [6.07, 6.45) is 3.12. The van der Waals surface area contributed by atoms with Crippen LogP contribution in [0.4, 0.5) is 5.82 Å². The maximum Gasteiger partial charge on any atom is 0.194 e. The minimum Gasteiger partial charge on any atom is -0.357 e. The van der Waals surface area contributed by atoms with E-state index in [0.717, 1.165) is 64.1 Å².